The van der Waals surface area contributed by atoms with E-state index < -0.39 is 27.4 Å². The molecule has 2 heterocycles. The summed E-state index contributed by atoms with van der Waals surface area (Å²) < 4.78 is 69.9. The van der Waals surface area contributed by atoms with Gasteiger partial charge in [0.2, 0.25) is 11.6 Å². The van der Waals surface area contributed by atoms with Crippen LogP contribution in [0.4, 0.5) is 11.4 Å². The minimum Gasteiger partial charge on any atom is -0.491 e. The van der Waals surface area contributed by atoms with E-state index in [1.807, 2.05) is 13.8 Å². The molecule has 3 aromatic rings. The maximum Gasteiger partial charge on any atom is 0.425 e. The van der Waals surface area contributed by atoms with Crippen LogP contribution in [0, 0.1) is 31.6 Å². The number of ether oxygens (including phenoxy) is 3. The van der Waals surface area contributed by atoms with Crippen LogP contribution in [0.3, 0.4) is 0 Å². The van der Waals surface area contributed by atoms with Gasteiger partial charge in [-0.1, -0.05) is 111 Å². The molecular weight excluding hydrogens is 1070 g/mol. The molecule has 0 radical (unpaired) electrons. The van der Waals surface area contributed by atoms with Crippen LogP contribution in [0.5, 0.6) is 5.75 Å². The van der Waals surface area contributed by atoms with Crippen molar-refractivity contribution in [3.8, 4) is 17.6 Å². The van der Waals surface area contributed by atoms with Crippen molar-refractivity contribution in [3.63, 3.8) is 0 Å². The summed E-state index contributed by atoms with van der Waals surface area (Å²) in [4.78, 5) is 43.2. The summed E-state index contributed by atoms with van der Waals surface area (Å²) in [5.41, 5.74) is 19.8. The average Bonchev–Trinajstić information content (AvgIpc) is 3.74. The van der Waals surface area contributed by atoms with Crippen molar-refractivity contribution in [3.05, 3.63) is 135 Å². The third-order valence-corrected chi connectivity index (χ3v) is 13.3. The zero-order chi connectivity index (χ0) is 60.0. The van der Waals surface area contributed by atoms with Crippen LogP contribution in [-0.4, -0.2) is 112 Å². The first-order valence-electron chi connectivity index (χ1n) is 27.3. The van der Waals surface area contributed by atoms with Crippen molar-refractivity contribution in [2.24, 2.45) is 11.0 Å². The standard InChI is InChI=1S/C60H79N7O6.2O3S/c1-10-35-66-52-30-28-45(5)39-50(52)59(7,8)54(66)26-15-12-16-27-55-60(9,51-40-46(6)29-31-53(51)67(55)36-11-2)32-17-13-14-23-48(68)24-20-34-63-58(70)47-22-18-25-49(41-47)73-43-57(64-65-61)72-38-37-71-42-56(69)62-33-19-21-44(3)4;2*1-4(2)3/h12,15-16,18,22,25-31,39-41,44,57H,10-11,13-14,17,20,23-24,32-38,42-43H2,1-9H3,(H-,62,63,69,70);;/p+1. The molecule has 2 aliphatic rings. The van der Waals surface area contributed by atoms with Crippen molar-refractivity contribution in [1.82, 2.24) is 10.6 Å². The Morgan fingerprint density at radius 1 is 0.840 bits per heavy atom. The molecule has 0 aliphatic carbocycles. The lowest BCUT2D eigenvalue weighted by Crippen LogP contribution is -2.29. The average molecular weight is 1160 g/mol. The van der Waals surface area contributed by atoms with E-state index in [0.29, 0.717) is 37.1 Å². The zero-order valence-corrected chi connectivity index (χ0v) is 49.9. The van der Waals surface area contributed by atoms with E-state index >= 15 is 0 Å². The largest absolute Gasteiger partial charge is 0.491 e. The lowest BCUT2D eigenvalue weighted by atomic mass is 9.76. The van der Waals surface area contributed by atoms with Crippen LogP contribution in [0.25, 0.3) is 10.4 Å². The van der Waals surface area contributed by atoms with Gasteiger partial charge >= 0.3 is 21.2 Å². The maximum atomic E-state index is 13.0. The van der Waals surface area contributed by atoms with Gasteiger partial charge in [0.25, 0.3) is 5.91 Å². The smallest absolute Gasteiger partial charge is 0.425 e. The van der Waals surface area contributed by atoms with Crippen LogP contribution in [0.1, 0.15) is 139 Å². The van der Waals surface area contributed by atoms with E-state index in [-0.39, 0.29) is 67.3 Å². The lowest BCUT2D eigenvalue weighted by molar-refractivity contribution is -0.437. The van der Waals surface area contributed by atoms with E-state index in [1.165, 1.54) is 45.0 Å². The van der Waals surface area contributed by atoms with E-state index in [1.54, 1.807) is 24.3 Å². The minimum absolute atomic E-state index is 0.0650. The molecule has 2 amide bonds. The molecule has 2 N–H and O–H groups in total. The number of carbonyl (C=O) groups excluding carboxylic acids is 3. The van der Waals surface area contributed by atoms with Gasteiger partial charge in [-0.3, -0.25) is 14.4 Å². The fourth-order valence-electron chi connectivity index (χ4n) is 9.62. The number of carbonyl (C=O) groups is 3. The van der Waals surface area contributed by atoms with E-state index in [0.717, 1.165) is 51.6 Å². The number of unbranched alkanes of at least 4 members (excludes halogenated alkanes) is 2. The van der Waals surface area contributed by atoms with Gasteiger partial charge in [-0.2, -0.15) is 4.58 Å². The van der Waals surface area contributed by atoms with Crippen molar-refractivity contribution in [1.29, 1.82) is 0 Å². The van der Waals surface area contributed by atoms with Gasteiger partial charge in [-0.25, -0.2) is 0 Å². The van der Waals surface area contributed by atoms with Crippen LogP contribution in [-0.2, 0) is 51.1 Å². The van der Waals surface area contributed by atoms with E-state index in [2.05, 4.69) is 157 Å². The molecular formula is C60H80N7O12S2+. The molecule has 2 aliphatic heterocycles. The van der Waals surface area contributed by atoms with Crippen molar-refractivity contribution >= 4 is 55.9 Å². The number of nitrogens with zero attached hydrogens (tertiary/aromatic N) is 5. The summed E-state index contributed by atoms with van der Waals surface area (Å²) in [6.07, 6.45) is 17.6. The summed E-state index contributed by atoms with van der Waals surface area (Å²) in [5.74, 6) is 6.10. The molecule has 19 nitrogen and oxygen atoms in total. The van der Waals surface area contributed by atoms with Gasteiger partial charge < -0.3 is 29.7 Å². The first-order valence-corrected chi connectivity index (χ1v) is 29.3. The van der Waals surface area contributed by atoms with Gasteiger partial charge in [0.1, 0.15) is 31.3 Å². The molecule has 3 aromatic carbocycles. The number of allylic oxidation sites excluding steroid dienone is 6. The Morgan fingerprint density at radius 3 is 2.21 bits per heavy atom. The summed E-state index contributed by atoms with van der Waals surface area (Å²) in [6.45, 7) is 22.3. The van der Waals surface area contributed by atoms with Crippen molar-refractivity contribution in [2.75, 3.05) is 57.5 Å². The number of Topliss-reactive ketones (excluding diaryl/α,β-unsaturated/α-hetero) is 1. The summed E-state index contributed by atoms with van der Waals surface area (Å²) in [7, 11) is -6.22. The molecule has 2 unspecified atom stereocenters. The number of amides is 2. The maximum absolute atomic E-state index is 13.0. The summed E-state index contributed by atoms with van der Waals surface area (Å²) in [5, 5.41) is 9.20. The van der Waals surface area contributed by atoms with Crippen molar-refractivity contribution in [2.45, 2.75) is 137 Å². The monoisotopic (exact) mass is 1150 g/mol. The summed E-state index contributed by atoms with van der Waals surface area (Å²) >= 11 is 0. The number of hydrogen-bond donors (Lipinski definition) is 2. The second-order valence-corrected chi connectivity index (χ2v) is 21.3. The van der Waals surface area contributed by atoms with Gasteiger partial charge in [0, 0.05) is 83.3 Å². The Labute approximate surface area is 481 Å². The molecule has 0 bridgehead atoms. The quantitative estimate of drug-likeness (QED) is 0.0125. The molecule has 0 saturated carbocycles. The number of ketones is 1. The van der Waals surface area contributed by atoms with E-state index in [4.69, 9.17) is 45.0 Å². The highest BCUT2D eigenvalue weighted by Gasteiger charge is 2.44. The lowest BCUT2D eigenvalue weighted by Gasteiger charge is -2.30. The molecule has 0 spiro atoms. The Kier molecular flexibility index (Phi) is 29.8. The number of nitrogens with one attached hydrogen (secondary N) is 2. The van der Waals surface area contributed by atoms with Gasteiger partial charge in [-0.15, -0.1) is 25.3 Å². The van der Waals surface area contributed by atoms with E-state index in [9.17, 15) is 14.4 Å². The first kappa shape index (κ1) is 68.1. The number of azide groups is 1. The number of benzene rings is 3. The Hall–Kier alpha value is -7.21. The topological polar surface area (TPSA) is 260 Å². The zero-order valence-electron chi connectivity index (χ0n) is 48.3. The third kappa shape index (κ3) is 23.1. The van der Waals surface area contributed by atoms with Crippen molar-refractivity contribution < 1.29 is 58.4 Å². The number of rotatable bonds is 29. The van der Waals surface area contributed by atoms with Gasteiger partial charge in [-0.05, 0) is 108 Å². The minimum atomic E-state index is -3.11. The number of hydrogen-bond acceptors (Lipinski definition) is 14. The van der Waals surface area contributed by atoms with Crippen LogP contribution in [0.15, 0.2) is 102 Å². The Balaban J connectivity index is 0.00000201. The molecule has 0 aromatic heterocycles. The molecule has 2 atom stereocenters. The molecule has 81 heavy (non-hydrogen) atoms. The SMILES string of the molecule is CCCN1\C(=C/C=C/C=C/C2=[N+](CCC)c3ccc(C)cc3C2(C)C)C(C)(CCCCCC(=O)CCCNC(=O)c2cccc(OCC(N=[N+]=[N-])OCCOCC(=O)NCC#CC(C)C)c2)c2cc(C)ccc21.O=S(=O)=O.O=S(=O)=O. The highest BCUT2D eigenvalue weighted by Crippen LogP contribution is 2.51. The highest BCUT2D eigenvalue weighted by molar-refractivity contribution is 7.59. The molecule has 438 valence electrons. The number of fused-ring (bicyclic) bond motifs is 2. The second kappa shape index (κ2) is 35.5. The Morgan fingerprint density at radius 2 is 1.53 bits per heavy atom. The fraction of sp³-hybridized carbons (Fsp3) is 0.500. The fourth-order valence-corrected chi connectivity index (χ4v) is 9.62. The Bertz CT molecular complexity index is 3060. The third-order valence-electron chi connectivity index (χ3n) is 13.3. The second-order valence-electron chi connectivity index (χ2n) is 20.5. The highest BCUT2D eigenvalue weighted by atomic mass is 32.2. The predicted molar refractivity (Wildman–Crippen MR) is 313 cm³/mol. The van der Waals surface area contributed by atoms with Crippen LogP contribution in [0.2, 0.25) is 0 Å². The predicted octanol–water partition coefficient (Wildman–Crippen LogP) is 9.82. The van der Waals surface area contributed by atoms with Gasteiger partial charge in [0.15, 0.2) is 11.9 Å². The van der Waals surface area contributed by atoms with Crippen LogP contribution < -0.4 is 20.3 Å². The number of anilines is 1. The van der Waals surface area contributed by atoms with Gasteiger partial charge in [0.05, 0.1) is 25.2 Å². The normalized spacial score (nSPS) is 15.6. The summed E-state index contributed by atoms with van der Waals surface area (Å²) in [6, 6.07) is 20.4. The first-order chi connectivity index (χ1) is 38.6. The molecule has 0 fully saturated rings. The number of aryl methyl sites for hydroxylation is 2. The molecule has 0 saturated heterocycles. The molecule has 21 heteroatoms. The molecule has 5 rings (SSSR count). The van der Waals surface area contributed by atoms with Crippen LogP contribution >= 0.6 is 0 Å².